The molecule has 2 aliphatic heterocycles. The van der Waals surface area contributed by atoms with Crippen molar-refractivity contribution in [1.29, 1.82) is 0 Å². The summed E-state index contributed by atoms with van der Waals surface area (Å²) < 4.78 is 5.87. The molecule has 2 heterocycles. The normalized spacial score (nSPS) is 32.7. The quantitative estimate of drug-likeness (QED) is 0.867. The minimum Gasteiger partial charge on any atom is -0.478 e. The highest BCUT2D eigenvalue weighted by molar-refractivity contribution is 5.87. The number of hydrogen-bond donors (Lipinski definition) is 2. The van der Waals surface area contributed by atoms with Gasteiger partial charge in [0, 0.05) is 12.5 Å². The molecular weight excluding hydrogens is 244 g/mol. The zero-order valence-electron chi connectivity index (χ0n) is 10.7. The van der Waals surface area contributed by atoms with Gasteiger partial charge in [0.2, 0.25) is 0 Å². The second-order valence-electron chi connectivity index (χ2n) is 5.51. The van der Waals surface area contributed by atoms with Crippen molar-refractivity contribution in [1.82, 2.24) is 0 Å². The Kier molecular flexibility index (Phi) is 3.29. The van der Waals surface area contributed by atoms with Gasteiger partial charge < -0.3 is 14.9 Å². The van der Waals surface area contributed by atoms with Crippen LogP contribution >= 0.6 is 0 Å². The van der Waals surface area contributed by atoms with E-state index in [-0.39, 0.29) is 24.7 Å². The maximum atomic E-state index is 10.8. The fourth-order valence-electron chi connectivity index (χ4n) is 3.46. The molecule has 1 aromatic rings. The Balaban J connectivity index is 1.72. The molecule has 0 aliphatic carbocycles. The van der Waals surface area contributed by atoms with Gasteiger partial charge in [0.15, 0.2) is 0 Å². The lowest BCUT2D eigenvalue weighted by Crippen LogP contribution is -2.31. The van der Waals surface area contributed by atoms with Gasteiger partial charge in [-0.1, -0.05) is 12.1 Å². The molecule has 0 radical (unpaired) electrons. The van der Waals surface area contributed by atoms with E-state index in [1.807, 2.05) is 12.1 Å². The Labute approximate surface area is 112 Å². The van der Waals surface area contributed by atoms with E-state index in [1.54, 1.807) is 12.1 Å². The molecule has 1 aromatic carbocycles. The number of aliphatic hydroxyl groups is 1. The number of fused-ring (bicyclic) bond motifs is 2. The highest BCUT2D eigenvalue weighted by atomic mass is 16.5. The lowest BCUT2D eigenvalue weighted by molar-refractivity contribution is 0.0696. The molecule has 2 aliphatic rings. The van der Waals surface area contributed by atoms with Crippen LogP contribution in [0.5, 0.6) is 0 Å². The summed E-state index contributed by atoms with van der Waals surface area (Å²) in [5.41, 5.74) is 1.43. The molecule has 3 rings (SSSR count). The maximum Gasteiger partial charge on any atom is 0.335 e. The van der Waals surface area contributed by atoms with Crippen LogP contribution in [0, 0.1) is 11.8 Å². The summed E-state index contributed by atoms with van der Waals surface area (Å²) in [6, 6.07) is 7.01. The minimum atomic E-state index is -0.900. The Morgan fingerprint density at radius 2 is 1.79 bits per heavy atom. The van der Waals surface area contributed by atoms with E-state index < -0.39 is 5.97 Å². The minimum absolute atomic E-state index is 0.180. The van der Waals surface area contributed by atoms with Gasteiger partial charge in [0.25, 0.3) is 0 Å². The molecule has 4 unspecified atom stereocenters. The van der Waals surface area contributed by atoms with Gasteiger partial charge in [0.05, 0.1) is 17.8 Å². The third-order valence-electron chi connectivity index (χ3n) is 4.47. The van der Waals surface area contributed by atoms with Crippen LogP contribution in [0.4, 0.5) is 0 Å². The van der Waals surface area contributed by atoms with Gasteiger partial charge in [0.1, 0.15) is 0 Å². The van der Waals surface area contributed by atoms with Crippen molar-refractivity contribution in [3.8, 4) is 0 Å². The average Bonchev–Trinajstić information content (AvgIpc) is 3.00. The number of carboxylic acid groups (broad SMARTS) is 1. The summed E-state index contributed by atoms with van der Waals surface area (Å²) in [5, 5.41) is 18.4. The lowest BCUT2D eigenvalue weighted by atomic mass is 9.76. The molecule has 0 aromatic heterocycles. The monoisotopic (exact) mass is 262 g/mol. The van der Waals surface area contributed by atoms with E-state index in [2.05, 4.69) is 0 Å². The summed E-state index contributed by atoms with van der Waals surface area (Å²) in [4.78, 5) is 10.8. The molecule has 2 N–H and O–H groups in total. The highest BCUT2D eigenvalue weighted by Gasteiger charge is 2.48. The Morgan fingerprint density at radius 1 is 1.16 bits per heavy atom. The van der Waals surface area contributed by atoms with Crippen LogP contribution in [0.25, 0.3) is 0 Å². The Hall–Kier alpha value is -1.39. The van der Waals surface area contributed by atoms with Crippen LogP contribution in [0.15, 0.2) is 24.3 Å². The second kappa shape index (κ2) is 4.94. The highest BCUT2D eigenvalue weighted by Crippen LogP contribution is 2.44. The van der Waals surface area contributed by atoms with Crippen molar-refractivity contribution in [2.75, 3.05) is 6.61 Å². The lowest BCUT2D eigenvalue weighted by Gasteiger charge is -2.26. The number of ether oxygens (including phenoxy) is 1. The van der Waals surface area contributed by atoms with Crippen LogP contribution in [0.1, 0.15) is 28.8 Å². The van der Waals surface area contributed by atoms with E-state index >= 15 is 0 Å². The fraction of sp³-hybridized carbons (Fsp3) is 0.533. The first-order valence-corrected chi connectivity index (χ1v) is 6.77. The smallest absolute Gasteiger partial charge is 0.335 e. The summed E-state index contributed by atoms with van der Waals surface area (Å²) in [6.07, 6.45) is 3.48. The molecule has 102 valence electrons. The topological polar surface area (TPSA) is 66.8 Å². The van der Waals surface area contributed by atoms with Crippen LogP contribution in [0.3, 0.4) is 0 Å². The van der Waals surface area contributed by atoms with Crippen LogP contribution in [0.2, 0.25) is 0 Å². The molecule has 0 spiro atoms. The standard InChI is InChI=1S/C15H18O4/c16-8-12-11(13-5-6-14(12)19-13)7-9-1-3-10(4-2-9)15(17)18/h1-4,11-14,16H,5-8H2,(H,17,18). The Morgan fingerprint density at radius 3 is 2.37 bits per heavy atom. The zero-order valence-corrected chi connectivity index (χ0v) is 10.7. The van der Waals surface area contributed by atoms with Gasteiger partial charge in [-0.2, -0.15) is 0 Å². The first-order chi connectivity index (χ1) is 9.19. The van der Waals surface area contributed by atoms with E-state index in [1.165, 1.54) is 0 Å². The molecule has 4 atom stereocenters. The van der Waals surface area contributed by atoms with Crippen molar-refractivity contribution in [2.24, 2.45) is 11.8 Å². The van der Waals surface area contributed by atoms with Gasteiger partial charge in [-0.05, 0) is 42.9 Å². The van der Waals surface area contributed by atoms with Gasteiger partial charge in [-0.3, -0.25) is 0 Å². The van der Waals surface area contributed by atoms with Crippen molar-refractivity contribution < 1.29 is 19.7 Å². The number of aromatic carboxylic acids is 1. The molecule has 0 saturated carbocycles. The molecule has 2 saturated heterocycles. The largest absolute Gasteiger partial charge is 0.478 e. The summed E-state index contributed by atoms with van der Waals surface area (Å²) in [7, 11) is 0. The van der Waals surface area contributed by atoms with Crippen LogP contribution in [-0.2, 0) is 11.2 Å². The predicted octanol–water partition coefficient (Wildman–Crippen LogP) is 1.71. The molecule has 0 amide bonds. The predicted molar refractivity (Wildman–Crippen MR) is 69.1 cm³/mol. The zero-order chi connectivity index (χ0) is 13.4. The average molecular weight is 262 g/mol. The number of carbonyl (C=O) groups is 1. The Bertz CT molecular complexity index is 468. The van der Waals surface area contributed by atoms with Crippen molar-refractivity contribution in [3.05, 3.63) is 35.4 Å². The molecule has 2 bridgehead atoms. The molecule has 4 nitrogen and oxygen atoms in total. The molecule has 2 fully saturated rings. The summed E-state index contributed by atoms with van der Waals surface area (Å²) >= 11 is 0. The van der Waals surface area contributed by atoms with E-state index in [4.69, 9.17) is 9.84 Å². The SMILES string of the molecule is O=C(O)c1ccc(CC2C3CCC(O3)C2CO)cc1. The van der Waals surface area contributed by atoms with E-state index in [0.29, 0.717) is 11.5 Å². The van der Waals surface area contributed by atoms with Gasteiger partial charge >= 0.3 is 5.97 Å². The van der Waals surface area contributed by atoms with E-state index in [9.17, 15) is 9.90 Å². The molecule has 4 heteroatoms. The third-order valence-corrected chi connectivity index (χ3v) is 4.47. The number of rotatable bonds is 4. The molecular formula is C15H18O4. The first-order valence-electron chi connectivity index (χ1n) is 6.77. The van der Waals surface area contributed by atoms with Crippen molar-refractivity contribution in [2.45, 2.75) is 31.5 Å². The fourth-order valence-corrected chi connectivity index (χ4v) is 3.46. The second-order valence-corrected chi connectivity index (χ2v) is 5.51. The van der Waals surface area contributed by atoms with Crippen LogP contribution in [-0.4, -0.2) is 35.0 Å². The first kappa shape index (κ1) is 12.6. The van der Waals surface area contributed by atoms with Gasteiger partial charge in [-0.15, -0.1) is 0 Å². The number of hydrogen-bond acceptors (Lipinski definition) is 3. The summed E-state index contributed by atoms with van der Waals surface area (Å²) in [5.74, 6) is -0.305. The van der Waals surface area contributed by atoms with Gasteiger partial charge in [-0.25, -0.2) is 4.79 Å². The summed E-state index contributed by atoms with van der Waals surface area (Å²) in [6.45, 7) is 0.180. The number of benzene rings is 1. The van der Waals surface area contributed by atoms with Crippen molar-refractivity contribution >= 4 is 5.97 Å². The number of aliphatic hydroxyl groups excluding tert-OH is 1. The van der Waals surface area contributed by atoms with Crippen molar-refractivity contribution in [3.63, 3.8) is 0 Å². The van der Waals surface area contributed by atoms with E-state index in [0.717, 1.165) is 24.8 Å². The maximum absolute atomic E-state index is 10.8. The third kappa shape index (κ3) is 2.26. The molecule has 19 heavy (non-hydrogen) atoms. The number of carboxylic acids is 1. The van der Waals surface area contributed by atoms with Crippen LogP contribution < -0.4 is 0 Å².